The number of hydrogen-bond donors (Lipinski definition) is 1. The minimum Gasteiger partial charge on any atom is -0.396 e. The molecule has 0 heterocycles. The Bertz CT molecular complexity index is 760. The zero-order valence-electron chi connectivity index (χ0n) is 11.9. The number of nitrogens with zero attached hydrogens (tertiary/aromatic N) is 1. The van der Waals surface area contributed by atoms with Gasteiger partial charge in [0, 0.05) is 12.8 Å². The number of sulfone groups is 1. The number of benzene rings is 2. The highest BCUT2D eigenvalue weighted by Gasteiger charge is 2.19. The van der Waals surface area contributed by atoms with Crippen molar-refractivity contribution in [3.05, 3.63) is 48.3 Å². The molecule has 0 aliphatic rings. The van der Waals surface area contributed by atoms with Crippen LogP contribution < -0.4 is 10.6 Å². The molecule has 0 aliphatic carbocycles. The van der Waals surface area contributed by atoms with Crippen LogP contribution in [-0.2, 0) is 9.84 Å². The van der Waals surface area contributed by atoms with E-state index < -0.39 is 9.84 Å². The third kappa shape index (κ3) is 3.00. The fourth-order valence-electron chi connectivity index (χ4n) is 2.23. The number of nitrogen functional groups attached to an aromatic ring is 1. The van der Waals surface area contributed by atoms with Gasteiger partial charge >= 0.3 is 0 Å². The molecule has 21 heavy (non-hydrogen) atoms. The Balaban J connectivity index is 2.62. The summed E-state index contributed by atoms with van der Waals surface area (Å²) in [5.74, 6) is -0.386. The average Bonchev–Trinajstić information content (AvgIpc) is 2.42. The van der Waals surface area contributed by atoms with Gasteiger partial charge in [-0.1, -0.05) is 18.2 Å². The van der Waals surface area contributed by atoms with E-state index in [-0.39, 0.29) is 16.4 Å². The molecule has 0 unspecified atom stereocenters. The molecule has 6 heteroatoms. The summed E-state index contributed by atoms with van der Waals surface area (Å²) in [4.78, 5) is 1.70. The molecule has 112 valence electrons. The first-order valence-electron chi connectivity index (χ1n) is 6.47. The average molecular weight is 308 g/mol. The van der Waals surface area contributed by atoms with E-state index in [0.29, 0.717) is 17.9 Å². The van der Waals surface area contributed by atoms with Crippen molar-refractivity contribution >= 4 is 26.9 Å². The van der Waals surface area contributed by atoms with E-state index in [2.05, 4.69) is 0 Å². The molecule has 0 saturated carbocycles. The molecule has 2 aromatic rings. The van der Waals surface area contributed by atoms with Crippen LogP contribution in [0.4, 0.5) is 21.5 Å². The van der Waals surface area contributed by atoms with Gasteiger partial charge in [-0.2, -0.15) is 0 Å². The number of anilines is 3. The summed E-state index contributed by atoms with van der Waals surface area (Å²) in [6, 6.07) is 11.0. The minimum absolute atomic E-state index is 0.0507. The molecular formula is C15H17FN2O2S. The maximum Gasteiger partial charge on any atom is 0.177 e. The zero-order chi connectivity index (χ0) is 15.6. The van der Waals surface area contributed by atoms with Gasteiger partial charge < -0.3 is 10.6 Å². The van der Waals surface area contributed by atoms with E-state index in [1.54, 1.807) is 35.2 Å². The third-order valence-electron chi connectivity index (χ3n) is 3.19. The smallest absolute Gasteiger partial charge is 0.177 e. The summed E-state index contributed by atoms with van der Waals surface area (Å²) in [6.45, 7) is 2.30. The largest absolute Gasteiger partial charge is 0.396 e. The summed E-state index contributed by atoms with van der Waals surface area (Å²) < 4.78 is 37.5. The van der Waals surface area contributed by atoms with Crippen molar-refractivity contribution < 1.29 is 12.8 Å². The molecule has 0 saturated heterocycles. The lowest BCUT2D eigenvalue weighted by atomic mass is 10.2. The van der Waals surface area contributed by atoms with Crippen molar-refractivity contribution in [2.75, 3.05) is 23.4 Å². The van der Waals surface area contributed by atoms with Crippen molar-refractivity contribution in [1.29, 1.82) is 0 Å². The SMILES string of the molecule is CCN(c1ccccc1F)c1cccc(S(C)(=O)=O)c1N. The molecule has 0 atom stereocenters. The molecule has 2 aromatic carbocycles. The summed E-state index contributed by atoms with van der Waals surface area (Å²) in [5.41, 5.74) is 6.96. The van der Waals surface area contributed by atoms with Crippen molar-refractivity contribution in [2.24, 2.45) is 0 Å². The van der Waals surface area contributed by atoms with Crippen molar-refractivity contribution in [3.63, 3.8) is 0 Å². The Labute approximate surface area is 123 Å². The fraction of sp³-hybridized carbons (Fsp3) is 0.200. The molecule has 4 nitrogen and oxygen atoms in total. The Kier molecular flexibility index (Phi) is 4.18. The topological polar surface area (TPSA) is 63.4 Å². The normalized spacial score (nSPS) is 11.4. The van der Waals surface area contributed by atoms with Gasteiger partial charge in [0.05, 0.1) is 22.0 Å². The number of rotatable bonds is 4. The highest BCUT2D eigenvalue weighted by Crippen LogP contribution is 2.35. The predicted molar refractivity (Wildman–Crippen MR) is 83.0 cm³/mol. The van der Waals surface area contributed by atoms with Crippen LogP contribution in [0.1, 0.15) is 6.92 Å². The molecule has 0 aromatic heterocycles. The van der Waals surface area contributed by atoms with Crippen LogP contribution >= 0.6 is 0 Å². The van der Waals surface area contributed by atoms with Crippen LogP contribution in [0.15, 0.2) is 47.4 Å². The molecule has 0 aliphatic heterocycles. The Morgan fingerprint density at radius 1 is 1.10 bits per heavy atom. The first-order chi connectivity index (χ1) is 9.86. The molecule has 2 N–H and O–H groups in total. The lowest BCUT2D eigenvalue weighted by Gasteiger charge is -2.26. The summed E-state index contributed by atoms with van der Waals surface area (Å²) >= 11 is 0. The second-order valence-electron chi connectivity index (χ2n) is 4.66. The van der Waals surface area contributed by atoms with Crippen LogP contribution in [0.5, 0.6) is 0 Å². The molecule has 0 radical (unpaired) electrons. The highest BCUT2D eigenvalue weighted by molar-refractivity contribution is 7.90. The summed E-state index contributed by atoms with van der Waals surface area (Å²) in [7, 11) is -3.44. The molecule has 0 fully saturated rings. The van der Waals surface area contributed by atoms with E-state index in [0.717, 1.165) is 6.26 Å². The fourth-order valence-corrected chi connectivity index (χ4v) is 3.06. The van der Waals surface area contributed by atoms with Gasteiger partial charge in [0.25, 0.3) is 0 Å². The predicted octanol–water partition coefficient (Wildman–Crippen LogP) is 2.97. The van der Waals surface area contributed by atoms with E-state index in [1.807, 2.05) is 6.92 Å². The quantitative estimate of drug-likeness (QED) is 0.882. The minimum atomic E-state index is -3.44. The Morgan fingerprint density at radius 3 is 2.29 bits per heavy atom. The lowest BCUT2D eigenvalue weighted by molar-refractivity contribution is 0.602. The van der Waals surface area contributed by atoms with Crippen molar-refractivity contribution in [2.45, 2.75) is 11.8 Å². The van der Waals surface area contributed by atoms with Gasteiger partial charge in [-0.25, -0.2) is 12.8 Å². The molecule has 0 amide bonds. The van der Waals surface area contributed by atoms with Gasteiger partial charge in [-0.05, 0) is 31.2 Å². The Hall–Kier alpha value is -2.08. The Morgan fingerprint density at radius 2 is 1.71 bits per heavy atom. The third-order valence-corrected chi connectivity index (χ3v) is 4.35. The van der Waals surface area contributed by atoms with Gasteiger partial charge in [0.15, 0.2) is 9.84 Å². The zero-order valence-corrected chi connectivity index (χ0v) is 12.7. The van der Waals surface area contributed by atoms with E-state index in [9.17, 15) is 12.8 Å². The van der Waals surface area contributed by atoms with E-state index in [1.165, 1.54) is 12.1 Å². The number of nitrogens with two attached hydrogens (primary N) is 1. The second kappa shape index (κ2) is 5.73. The second-order valence-corrected chi connectivity index (χ2v) is 6.64. The van der Waals surface area contributed by atoms with Crippen LogP contribution in [0.25, 0.3) is 0 Å². The van der Waals surface area contributed by atoms with E-state index >= 15 is 0 Å². The first-order valence-corrected chi connectivity index (χ1v) is 8.36. The van der Waals surface area contributed by atoms with Crippen LogP contribution in [-0.4, -0.2) is 21.2 Å². The monoisotopic (exact) mass is 308 g/mol. The molecular weight excluding hydrogens is 291 g/mol. The van der Waals surface area contributed by atoms with Gasteiger partial charge in [-0.3, -0.25) is 0 Å². The number of para-hydroxylation sites is 2. The molecule has 0 bridgehead atoms. The maximum atomic E-state index is 14.0. The maximum absolute atomic E-state index is 14.0. The van der Waals surface area contributed by atoms with Gasteiger partial charge in [0.2, 0.25) is 0 Å². The van der Waals surface area contributed by atoms with Crippen LogP contribution in [0.3, 0.4) is 0 Å². The molecule has 2 rings (SSSR count). The van der Waals surface area contributed by atoms with Crippen LogP contribution in [0, 0.1) is 5.82 Å². The van der Waals surface area contributed by atoms with Crippen molar-refractivity contribution in [3.8, 4) is 0 Å². The molecule has 0 spiro atoms. The van der Waals surface area contributed by atoms with Crippen LogP contribution in [0.2, 0.25) is 0 Å². The van der Waals surface area contributed by atoms with Crippen molar-refractivity contribution in [1.82, 2.24) is 0 Å². The number of hydrogen-bond acceptors (Lipinski definition) is 4. The van der Waals surface area contributed by atoms with Gasteiger partial charge in [0.1, 0.15) is 5.82 Å². The standard InChI is InChI=1S/C15H17FN2O2S/c1-3-18(12-8-5-4-7-11(12)16)13-9-6-10-14(15(13)17)21(2,19)20/h4-10H,3,17H2,1-2H3. The summed E-state index contributed by atoms with van der Waals surface area (Å²) in [6.07, 6.45) is 1.10. The lowest BCUT2D eigenvalue weighted by Crippen LogP contribution is -2.19. The number of halogens is 1. The highest BCUT2D eigenvalue weighted by atomic mass is 32.2. The summed E-state index contributed by atoms with van der Waals surface area (Å²) in [5, 5.41) is 0. The first kappa shape index (κ1) is 15.3. The van der Waals surface area contributed by atoms with Gasteiger partial charge in [-0.15, -0.1) is 0 Å². The van der Waals surface area contributed by atoms with E-state index in [4.69, 9.17) is 5.73 Å².